The van der Waals surface area contributed by atoms with Gasteiger partial charge in [-0.15, -0.1) is 0 Å². The van der Waals surface area contributed by atoms with Gasteiger partial charge in [0, 0.05) is 19.5 Å². The van der Waals surface area contributed by atoms with E-state index in [-0.39, 0.29) is 24.8 Å². The van der Waals surface area contributed by atoms with E-state index in [2.05, 4.69) is 5.32 Å². The van der Waals surface area contributed by atoms with Crippen molar-refractivity contribution in [1.82, 2.24) is 10.2 Å². The average molecular weight is 412 g/mol. The Bertz CT molecular complexity index is 871. The van der Waals surface area contributed by atoms with Crippen LogP contribution in [0.2, 0.25) is 0 Å². The van der Waals surface area contributed by atoms with Gasteiger partial charge < -0.3 is 24.8 Å². The second-order valence-corrected chi connectivity index (χ2v) is 7.33. The minimum absolute atomic E-state index is 0.0316. The molecule has 160 valence electrons. The van der Waals surface area contributed by atoms with Gasteiger partial charge in [-0.25, -0.2) is 0 Å². The number of nitrogens with zero attached hydrogens (tertiary/aromatic N) is 1. The predicted molar refractivity (Wildman–Crippen MR) is 112 cm³/mol. The lowest BCUT2D eigenvalue weighted by Crippen LogP contribution is -2.37. The molecule has 2 aromatic rings. The molecular weight excluding hydrogens is 384 g/mol. The van der Waals surface area contributed by atoms with Crippen molar-refractivity contribution in [3.05, 3.63) is 59.7 Å². The van der Waals surface area contributed by atoms with Gasteiger partial charge in [-0.05, 0) is 29.7 Å². The third kappa shape index (κ3) is 5.10. The third-order valence-electron chi connectivity index (χ3n) is 5.40. The summed E-state index contributed by atoms with van der Waals surface area (Å²) in [6.45, 7) is 0.713. The van der Waals surface area contributed by atoms with Gasteiger partial charge in [0.05, 0.1) is 32.8 Å². The number of nitrogens with one attached hydrogen (secondary N) is 1. The number of benzene rings is 2. The van der Waals surface area contributed by atoms with E-state index in [4.69, 9.17) is 9.47 Å². The molecule has 2 amide bonds. The molecule has 1 aliphatic rings. The van der Waals surface area contributed by atoms with Gasteiger partial charge in [-0.3, -0.25) is 9.59 Å². The normalized spacial score (nSPS) is 17.0. The maximum Gasteiger partial charge on any atom is 0.225 e. The highest BCUT2D eigenvalue weighted by molar-refractivity contribution is 5.89. The summed E-state index contributed by atoms with van der Waals surface area (Å²) in [4.78, 5) is 26.8. The molecule has 2 N–H and O–H groups in total. The van der Waals surface area contributed by atoms with E-state index in [9.17, 15) is 14.7 Å². The van der Waals surface area contributed by atoms with Crippen LogP contribution in [0.3, 0.4) is 0 Å². The molecule has 1 heterocycles. The number of aliphatic hydroxyl groups excluding tert-OH is 1. The zero-order chi connectivity index (χ0) is 21.5. The first-order valence-electron chi connectivity index (χ1n) is 10.0. The molecule has 1 fully saturated rings. The molecule has 0 radical (unpaired) electrons. The molecule has 0 spiro atoms. The van der Waals surface area contributed by atoms with Crippen molar-refractivity contribution < 1.29 is 24.2 Å². The Morgan fingerprint density at radius 1 is 1.17 bits per heavy atom. The third-order valence-corrected chi connectivity index (χ3v) is 5.40. The summed E-state index contributed by atoms with van der Waals surface area (Å²) >= 11 is 0. The summed E-state index contributed by atoms with van der Waals surface area (Å²) in [5.41, 5.74) is 1.86. The number of carbonyl (C=O) groups is 2. The Hall–Kier alpha value is -3.06. The molecule has 30 heavy (non-hydrogen) atoms. The van der Waals surface area contributed by atoms with Crippen LogP contribution in [0.4, 0.5) is 0 Å². The van der Waals surface area contributed by atoms with Crippen molar-refractivity contribution in [1.29, 1.82) is 0 Å². The Balaban J connectivity index is 1.56. The van der Waals surface area contributed by atoms with Crippen molar-refractivity contribution in [2.75, 3.05) is 33.9 Å². The molecule has 0 aliphatic carbocycles. The van der Waals surface area contributed by atoms with Crippen LogP contribution in [0.5, 0.6) is 11.5 Å². The summed E-state index contributed by atoms with van der Waals surface area (Å²) < 4.78 is 10.6. The second kappa shape index (κ2) is 10.1. The van der Waals surface area contributed by atoms with Gasteiger partial charge in [0.25, 0.3) is 0 Å². The number of rotatable bonds is 9. The highest BCUT2D eigenvalue weighted by Crippen LogP contribution is 2.28. The van der Waals surface area contributed by atoms with Crippen LogP contribution >= 0.6 is 0 Å². The quantitative estimate of drug-likeness (QED) is 0.657. The van der Waals surface area contributed by atoms with Crippen molar-refractivity contribution in [2.24, 2.45) is 5.92 Å². The SMILES string of the molecule is COc1ccc(CCN2C[C@H](C(=O)N[C@H](CO)c3ccccc3)CC2=O)cc1OC. The minimum atomic E-state index is -0.477. The molecule has 0 saturated carbocycles. The van der Waals surface area contributed by atoms with Crippen molar-refractivity contribution in [2.45, 2.75) is 18.9 Å². The summed E-state index contributed by atoms with van der Waals surface area (Å²) in [6, 6.07) is 14.5. The fourth-order valence-electron chi connectivity index (χ4n) is 3.67. The highest BCUT2D eigenvalue weighted by Gasteiger charge is 2.34. The monoisotopic (exact) mass is 412 g/mol. The van der Waals surface area contributed by atoms with E-state index in [1.54, 1.807) is 19.1 Å². The van der Waals surface area contributed by atoms with Crippen molar-refractivity contribution in [3.63, 3.8) is 0 Å². The molecule has 1 saturated heterocycles. The number of likely N-dealkylation sites (tertiary alicyclic amines) is 1. The molecule has 3 rings (SSSR count). The van der Waals surface area contributed by atoms with Gasteiger partial charge in [0.15, 0.2) is 11.5 Å². The minimum Gasteiger partial charge on any atom is -0.493 e. The Morgan fingerprint density at radius 3 is 2.57 bits per heavy atom. The molecule has 1 aliphatic heterocycles. The fourth-order valence-corrected chi connectivity index (χ4v) is 3.67. The molecule has 7 nitrogen and oxygen atoms in total. The standard InChI is InChI=1S/C23H28N2O5/c1-29-20-9-8-16(12-21(20)30-2)10-11-25-14-18(13-22(25)27)23(28)24-19(15-26)17-6-4-3-5-7-17/h3-9,12,18-19,26H,10-11,13-15H2,1-2H3,(H,24,28)/t18-,19-/m1/s1. The average Bonchev–Trinajstić information content (AvgIpc) is 3.16. The molecule has 7 heteroatoms. The zero-order valence-electron chi connectivity index (χ0n) is 17.3. The summed E-state index contributed by atoms with van der Waals surface area (Å²) in [5.74, 6) is 0.652. The number of hydrogen-bond acceptors (Lipinski definition) is 5. The van der Waals surface area contributed by atoms with Crippen LogP contribution in [-0.2, 0) is 16.0 Å². The summed E-state index contributed by atoms with van der Waals surface area (Å²) in [7, 11) is 3.18. The first-order valence-corrected chi connectivity index (χ1v) is 10.0. The van der Waals surface area contributed by atoms with Crippen LogP contribution in [0.25, 0.3) is 0 Å². The maximum atomic E-state index is 12.7. The summed E-state index contributed by atoms with van der Waals surface area (Å²) in [6.07, 6.45) is 0.842. The first-order chi connectivity index (χ1) is 14.5. The van der Waals surface area contributed by atoms with Crippen LogP contribution in [0.1, 0.15) is 23.6 Å². The predicted octanol–water partition coefficient (Wildman–Crippen LogP) is 1.94. The number of aliphatic hydroxyl groups is 1. The van der Waals surface area contributed by atoms with Gasteiger partial charge in [-0.1, -0.05) is 36.4 Å². The van der Waals surface area contributed by atoms with E-state index in [1.165, 1.54) is 0 Å². The number of ether oxygens (including phenoxy) is 2. The van der Waals surface area contributed by atoms with E-state index >= 15 is 0 Å². The Labute approximate surface area is 176 Å². The molecule has 0 unspecified atom stereocenters. The lowest BCUT2D eigenvalue weighted by atomic mass is 10.0. The zero-order valence-corrected chi connectivity index (χ0v) is 17.3. The highest BCUT2D eigenvalue weighted by atomic mass is 16.5. The summed E-state index contributed by atoms with van der Waals surface area (Å²) in [5, 5.41) is 12.5. The Kier molecular flexibility index (Phi) is 7.30. The molecule has 2 atom stereocenters. The molecular formula is C23H28N2O5. The Morgan fingerprint density at radius 2 is 1.90 bits per heavy atom. The number of amides is 2. The van der Waals surface area contributed by atoms with Crippen molar-refractivity contribution in [3.8, 4) is 11.5 Å². The lowest BCUT2D eigenvalue weighted by molar-refractivity contribution is -0.129. The molecule has 0 bridgehead atoms. The largest absolute Gasteiger partial charge is 0.493 e. The van der Waals surface area contributed by atoms with Crippen LogP contribution in [0.15, 0.2) is 48.5 Å². The van der Waals surface area contributed by atoms with Gasteiger partial charge in [0.1, 0.15) is 0 Å². The van der Waals surface area contributed by atoms with E-state index in [0.717, 1.165) is 11.1 Å². The van der Waals surface area contributed by atoms with Gasteiger partial charge in [-0.2, -0.15) is 0 Å². The van der Waals surface area contributed by atoms with E-state index < -0.39 is 12.0 Å². The maximum absolute atomic E-state index is 12.7. The smallest absolute Gasteiger partial charge is 0.225 e. The van der Waals surface area contributed by atoms with Crippen molar-refractivity contribution >= 4 is 11.8 Å². The number of hydrogen-bond donors (Lipinski definition) is 2. The van der Waals surface area contributed by atoms with Gasteiger partial charge >= 0.3 is 0 Å². The van der Waals surface area contributed by atoms with Gasteiger partial charge in [0.2, 0.25) is 11.8 Å². The van der Waals surface area contributed by atoms with E-state index in [1.807, 2.05) is 48.5 Å². The lowest BCUT2D eigenvalue weighted by Gasteiger charge is -2.20. The topological polar surface area (TPSA) is 88.1 Å². The second-order valence-electron chi connectivity index (χ2n) is 7.33. The molecule has 2 aromatic carbocycles. The van der Waals surface area contributed by atoms with Crippen LogP contribution in [-0.4, -0.2) is 55.7 Å². The van der Waals surface area contributed by atoms with E-state index in [0.29, 0.717) is 31.0 Å². The fraction of sp³-hybridized carbons (Fsp3) is 0.391. The number of carbonyl (C=O) groups excluding carboxylic acids is 2. The molecule has 0 aromatic heterocycles. The first kappa shape index (κ1) is 21.6. The number of methoxy groups -OCH3 is 2. The van der Waals surface area contributed by atoms with Crippen LogP contribution in [0, 0.1) is 5.92 Å². The van der Waals surface area contributed by atoms with Crippen LogP contribution < -0.4 is 14.8 Å².